The molecule has 3 N–H and O–H groups in total. The molecule has 0 atom stereocenters. The number of benzene rings is 3. The first-order valence-electron chi connectivity index (χ1n) is 9.08. The minimum absolute atomic E-state index is 0.0955. The number of aldehydes is 1. The van der Waals surface area contributed by atoms with E-state index < -0.39 is 0 Å². The van der Waals surface area contributed by atoms with Crippen LogP contribution in [0.1, 0.15) is 32.6 Å². The van der Waals surface area contributed by atoms with Gasteiger partial charge in [0, 0.05) is 17.7 Å². The Hall–Kier alpha value is -3.80. The Morgan fingerprint density at radius 2 is 1.23 bits per heavy atom. The molecule has 0 aliphatic carbocycles. The Bertz CT molecular complexity index is 995. The third-order valence-corrected chi connectivity index (χ3v) is 4.22. The van der Waals surface area contributed by atoms with Gasteiger partial charge in [-0.05, 0) is 68.1 Å². The highest BCUT2D eigenvalue weighted by Gasteiger charge is 1.97. The number of phenolic OH excluding ortho intramolecular Hbond substituents is 3. The molecule has 0 aromatic heterocycles. The second kappa shape index (κ2) is 11.9. The smallest absolute Gasteiger partial charge is 0.298 e. The van der Waals surface area contributed by atoms with Crippen LogP contribution < -0.4 is 4.74 Å². The van der Waals surface area contributed by atoms with Gasteiger partial charge in [0.25, 0.3) is 6.47 Å². The minimum atomic E-state index is 0.0955. The van der Waals surface area contributed by atoms with Crippen molar-refractivity contribution in [3.63, 3.8) is 0 Å². The fourth-order valence-electron chi connectivity index (χ4n) is 2.15. The summed E-state index contributed by atoms with van der Waals surface area (Å²) in [5.41, 5.74) is 4.68. The van der Waals surface area contributed by atoms with Crippen molar-refractivity contribution in [2.75, 3.05) is 0 Å². The number of rotatable bonds is 3. The van der Waals surface area contributed by atoms with Crippen LogP contribution in [0, 0.1) is 27.7 Å². The summed E-state index contributed by atoms with van der Waals surface area (Å²) in [6, 6.07) is 14.9. The summed E-state index contributed by atoms with van der Waals surface area (Å²) in [5.74, 6) is 0.709. The zero-order chi connectivity index (χ0) is 22.7. The average molecular weight is 410 g/mol. The van der Waals surface area contributed by atoms with Gasteiger partial charge in [-0.3, -0.25) is 9.59 Å². The van der Waals surface area contributed by atoms with E-state index in [1.165, 1.54) is 29.3 Å². The van der Waals surface area contributed by atoms with E-state index in [2.05, 4.69) is 4.74 Å². The Morgan fingerprint density at radius 1 is 0.667 bits per heavy atom. The van der Waals surface area contributed by atoms with E-state index >= 15 is 0 Å². The van der Waals surface area contributed by atoms with Gasteiger partial charge in [-0.25, -0.2) is 0 Å². The van der Waals surface area contributed by atoms with E-state index in [1.807, 2.05) is 32.0 Å². The van der Waals surface area contributed by atoms with E-state index in [9.17, 15) is 9.59 Å². The molecule has 0 aliphatic heterocycles. The quantitative estimate of drug-likeness (QED) is 0.538. The second-order valence-corrected chi connectivity index (χ2v) is 6.59. The molecule has 0 aliphatic rings. The van der Waals surface area contributed by atoms with Crippen molar-refractivity contribution in [3.8, 4) is 23.0 Å². The highest BCUT2D eigenvalue weighted by atomic mass is 16.5. The largest absolute Gasteiger partial charge is 0.508 e. The van der Waals surface area contributed by atoms with E-state index in [1.54, 1.807) is 32.0 Å². The standard InChI is InChI=1S/C9H10O.C8H8O3.C7H8O2/c1-7-3-4-9(6-10)5-8(7)2;1-6-2-3-7(11-5-9)4-8(6)10;1-5-2-3-6(8)4-7(5)9/h3-6H,1-2H3;2-5,10H,1H3;2-4,8-9H,1H3. The lowest BCUT2D eigenvalue weighted by Crippen LogP contribution is -1.87. The summed E-state index contributed by atoms with van der Waals surface area (Å²) >= 11 is 0. The molecule has 0 radical (unpaired) electrons. The van der Waals surface area contributed by atoms with Crippen LogP contribution in [0.25, 0.3) is 0 Å². The molecule has 0 fully saturated rings. The summed E-state index contributed by atoms with van der Waals surface area (Å²) in [6.07, 6.45) is 0.867. The summed E-state index contributed by atoms with van der Waals surface area (Å²) in [6.45, 7) is 7.89. The van der Waals surface area contributed by atoms with Crippen LogP contribution in [0.4, 0.5) is 0 Å². The molecule has 6 nitrogen and oxygen atoms in total. The zero-order valence-electron chi connectivity index (χ0n) is 17.4. The van der Waals surface area contributed by atoms with Crippen LogP contribution in [0.2, 0.25) is 0 Å². The average Bonchev–Trinajstić information content (AvgIpc) is 2.71. The molecule has 0 spiro atoms. The molecule has 3 rings (SSSR count). The van der Waals surface area contributed by atoms with Crippen molar-refractivity contribution in [3.05, 3.63) is 82.4 Å². The van der Waals surface area contributed by atoms with Crippen LogP contribution in [0.5, 0.6) is 23.0 Å². The molecule has 3 aromatic rings. The fourth-order valence-corrected chi connectivity index (χ4v) is 2.15. The molecule has 3 aromatic carbocycles. The van der Waals surface area contributed by atoms with Crippen molar-refractivity contribution in [1.82, 2.24) is 0 Å². The number of carbonyl (C=O) groups excluding carboxylic acids is 2. The molecule has 0 saturated heterocycles. The van der Waals surface area contributed by atoms with Gasteiger partial charge < -0.3 is 20.1 Å². The second-order valence-electron chi connectivity index (χ2n) is 6.59. The maximum Gasteiger partial charge on any atom is 0.298 e. The highest BCUT2D eigenvalue weighted by Crippen LogP contribution is 2.22. The Balaban J connectivity index is 0.000000226. The maximum atomic E-state index is 10.3. The number of hydrogen-bond acceptors (Lipinski definition) is 6. The molecular formula is C24H26O6. The number of aryl methyl sites for hydroxylation is 4. The number of ether oxygens (including phenoxy) is 1. The van der Waals surface area contributed by atoms with Gasteiger partial charge in [-0.15, -0.1) is 0 Å². The third-order valence-electron chi connectivity index (χ3n) is 4.22. The Morgan fingerprint density at radius 3 is 1.70 bits per heavy atom. The van der Waals surface area contributed by atoms with E-state index in [-0.39, 0.29) is 17.2 Å². The number of aromatic hydroxyl groups is 3. The molecule has 0 amide bonds. The first-order chi connectivity index (χ1) is 14.2. The molecule has 0 heterocycles. The molecular weight excluding hydrogens is 384 g/mol. The highest BCUT2D eigenvalue weighted by molar-refractivity contribution is 5.75. The summed E-state index contributed by atoms with van der Waals surface area (Å²) in [4.78, 5) is 20.1. The van der Waals surface area contributed by atoms with Crippen LogP contribution in [-0.2, 0) is 4.79 Å². The first-order valence-corrected chi connectivity index (χ1v) is 9.08. The lowest BCUT2D eigenvalue weighted by molar-refractivity contribution is -0.120. The van der Waals surface area contributed by atoms with Gasteiger partial charge in [-0.2, -0.15) is 0 Å². The predicted molar refractivity (Wildman–Crippen MR) is 115 cm³/mol. The molecule has 0 unspecified atom stereocenters. The normalized spacial score (nSPS) is 9.33. The third kappa shape index (κ3) is 8.06. The molecule has 158 valence electrons. The maximum absolute atomic E-state index is 10.3. The molecule has 0 bridgehead atoms. The van der Waals surface area contributed by atoms with Crippen molar-refractivity contribution in [2.45, 2.75) is 27.7 Å². The predicted octanol–water partition coefficient (Wildman–Crippen LogP) is 4.76. The fraction of sp³-hybridized carbons (Fsp3) is 0.167. The van der Waals surface area contributed by atoms with Crippen LogP contribution in [0.3, 0.4) is 0 Å². The summed E-state index contributed by atoms with van der Waals surface area (Å²) in [5, 5.41) is 26.8. The first kappa shape index (κ1) is 24.2. The van der Waals surface area contributed by atoms with E-state index in [4.69, 9.17) is 15.3 Å². The van der Waals surface area contributed by atoms with Crippen molar-refractivity contribution >= 4 is 12.8 Å². The lowest BCUT2D eigenvalue weighted by Gasteiger charge is -2.00. The van der Waals surface area contributed by atoms with E-state index in [0.717, 1.165) is 23.0 Å². The van der Waals surface area contributed by atoms with Crippen LogP contribution >= 0.6 is 0 Å². The Labute approximate surface area is 176 Å². The lowest BCUT2D eigenvalue weighted by atomic mass is 10.1. The Kier molecular flexibility index (Phi) is 9.62. The molecule has 0 saturated carbocycles. The van der Waals surface area contributed by atoms with Crippen molar-refractivity contribution in [1.29, 1.82) is 0 Å². The van der Waals surface area contributed by atoms with E-state index in [0.29, 0.717) is 12.2 Å². The topological polar surface area (TPSA) is 104 Å². The molecule has 30 heavy (non-hydrogen) atoms. The van der Waals surface area contributed by atoms with Gasteiger partial charge >= 0.3 is 0 Å². The number of hydrogen-bond donors (Lipinski definition) is 3. The summed E-state index contributed by atoms with van der Waals surface area (Å²) in [7, 11) is 0. The number of carbonyl (C=O) groups is 2. The van der Waals surface area contributed by atoms with Crippen LogP contribution in [0.15, 0.2) is 54.6 Å². The van der Waals surface area contributed by atoms with Gasteiger partial charge in [0.15, 0.2) is 0 Å². The van der Waals surface area contributed by atoms with Gasteiger partial charge in [-0.1, -0.05) is 24.3 Å². The monoisotopic (exact) mass is 410 g/mol. The van der Waals surface area contributed by atoms with Gasteiger partial charge in [0.2, 0.25) is 0 Å². The number of phenols is 3. The SMILES string of the molecule is Cc1ccc(C=O)cc1C.Cc1ccc(O)cc1O.Cc1ccc(OC=O)cc1O. The van der Waals surface area contributed by atoms with Gasteiger partial charge in [0.1, 0.15) is 29.3 Å². The van der Waals surface area contributed by atoms with Crippen LogP contribution in [-0.4, -0.2) is 28.1 Å². The van der Waals surface area contributed by atoms with Crippen molar-refractivity contribution in [2.24, 2.45) is 0 Å². The molecule has 6 heteroatoms. The summed E-state index contributed by atoms with van der Waals surface area (Å²) < 4.78 is 4.50. The minimum Gasteiger partial charge on any atom is -0.508 e. The zero-order valence-corrected chi connectivity index (χ0v) is 17.4. The van der Waals surface area contributed by atoms with Gasteiger partial charge in [0.05, 0.1) is 0 Å². The van der Waals surface area contributed by atoms with Crippen molar-refractivity contribution < 1.29 is 29.6 Å².